The van der Waals surface area contributed by atoms with Gasteiger partial charge in [-0.05, 0) is 67.6 Å². The fraction of sp³-hybridized carbons (Fsp3) is 0.222. The Hall–Kier alpha value is -4.17. The van der Waals surface area contributed by atoms with Crippen LogP contribution in [-0.2, 0) is 9.53 Å². The second kappa shape index (κ2) is 11.3. The van der Waals surface area contributed by atoms with E-state index in [1.165, 1.54) is 0 Å². The molecule has 0 unspecified atom stereocenters. The highest BCUT2D eigenvalue weighted by molar-refractivity contribution is 6.04. The predicted octanol–water partition coefficient (Wildman–Crippen LogP) is 3.77. The quantitative estimate of drug-likeness (QED) is 0.486. The van der Waals surface area contributed by atoms with Gasteiger partial charge in [0.25, 0.3) is 11.8 Å². The highest BCUT2D eigenvalue weighted by atomic mass is 16.5. The van der Waals surface area contributed by atoms with Crippen LogP contribution >= 0.6 is 0 Å². The summed E-state index contributed by atoms with van der Waals surface area (Å²) in [5, 5.41) is 8.72. The Morgan fingerprint density at radius 2 is 1.43 bits per heavy atom. The minimum atomic E-state index is -0.213. The summed E-state index contributed by atoms with van der Waals surface area (Å²) in [7, 11) is 0. The minimum Gasteiger partial charge on any atom is -0.378 e. The van der Waals surface area contributed by atoms with Crippen molar-refractivity contribution in [3.63, 3.8) is 0 Å². The lowest BCUT2D eigenvalue weighted by Gasteiger charge is -2.26. The van der Waals surface area contributed by atoms with Gasteiger partial charge in [-0.3, -0.25) is 14.4 Å². The fourth-order valence-corrected chi connectivity index (χ4v) is 3.69. The highest BCUT2D eigenvalue weighted by Crippen LogP contribution is 2.16. The third kappa shape index (κ3) is 6.68. The number of carbonyl (C=O) groups excluding carboxylic acids is 3. The van der Waals surface area contributed by atoms with Crippen molar-refractivity contribution in [3.8, 4) is 0 Å². The molecular weight excluding hydrogens is 444 g/mol. The first-order valence-corrected chi connectivity index (χ1v) is 11.5. The second-order valence-electron chi connectivity index (χ2n) is 8.28. The predicted molar refractivity (Wildman–Crippen MR) is 136 cm³/mol. The maximum absolute atomic E-state index is 12.5. The van der Waals surface area contributed by atoms with Crippen molar-refractivity contribution in [2.75, 3.05) is 48.8 Å². The smallest absolute Gasteiger partial charge is 0.255 e. The van der Waals surface area contributed by atoms with Gasteiger partial charge in [0.1, 0.15) is 0 Å². The number of morpholine rings is 1. The van der Waals surface area contributed by atoms with Gasteiger partial charge in [0.15, 0.2) is 0 Å². The van der Waals surface area contributed by atoms with Crippen LogP contribution < -0.4 is 16.0 Å². The number of nitrogens with one attached hydrogen (secondary N) is 3. The molecule has 8 nitrogen and oxygen atoms in total. The van der Waals surface area contributed by atoms with Gasteiger partial charge >= 0.3 is 0 Å². The molecule has 3 N–H and O–H groups in total. The van der Waals surface area contributed by atoms with Crippen LogP contribution in [0.1, 0.15) is 26.3 Å². The molecule has 3 aromatic rings. The van der Waals surface area contributed by atoms with Crippen molar-refractivity contribution < 1.29 is 19.1 Å². The Kier molecular flexibility index (Phi) is 7.74. The van der Waals surface area contributed by atoms with Crippen molar-refractivity contribution in [1.82, 2.24) is 4.90 Å². The first-order chi connectivity index (χ1) is 17.0. The summed E-state index contributed by atoms with van der Waals surface area (Å²) in [5.74, 6) is -0.418. The SMILES string of the molecule is Cc1cccc(C(=O)Nc2ccc(NC(=O)CNc3ccc(C(=O)N4CCOCC4)cc3)cc2)c1. The number of hydrogen-bond acceptors (Lipinski definition) is 5. The van der Waals surface area contributed by atoms with E-state index >= 15 is 0 Å². The highest BCUT2D eigenvalue weighted by Gasteiger charge is 2.18. The molecule has 0 bridgehead atoms. The zero-order valence-electron chi connectivity index (χ0n) is 19.5. The maximum Gasteiger partial charge on any atom is 0.255 e. The monoisotopic (exact) mass is 472 g/mol. The Bertz CT molecular complexity index is 1190. The fourth-order valence-electron chi connectivity index (χ4n) is 3.69. The molecule has 180 valence electrons. The number of ether oxygens (including phenoxy) is 1. The first kappa shape index (κ1) is 24.0. The van der Waals surface area contributed by atoms with Crippen molar-refractivity contribution in [2.24, 2.45) is 0 Å². The van der Waals surface area contributed by atoms with E-state index in [0.717, 1.165) is 11.3 Å². The lowest BCUT2D eigenvalue weighted by molar-refractivity contribution is -0.114. The number of rotatable bonds is 7. The van der Waals surface area contributed by atoms with E-state index in [0.29, 0.717) is 48.8 Å². The summed E-state index contributed by atoms with van der Waals surface area (Å²) in [4.78, 5) is 39.0. The van der Waals surface area contributed by atoms with Gasteiger partial charge in [0, 0.05) is 41.3 Å². The summed E-state index contributed by atoms with van der Waals surface area (Å²) in [6.45, 7) is 4.32. The van der Waals surface area contributed by atoms with Crippen LogP contribution in [0.25, 0.3) is 0 Å². The van der Waals surface area contributed by atoms with E-state index < -0.39 is 0 Å². The Labute approximate surface area is 204 Å². The Balaban J connectivity index is 1.24. The van der Waals surface area contributed by atoms with E-state index in [4.69, 9.17) is 4.74 Å². The summed E-state index contributed by atoms with van der Waals surface area (Å²) >= 11 is 0. The molecule has 0 aliphatic carbocycles. The van der Waals surface area contributed by atoms with Crippen LogP contribution in [0.2, 0.25) is 0 Å². The summed E-state index contributed by atoms with van der Waals surface area (Å²) < 4.78 is 5.28. The number of benzene rings is 3. The Morgan fingerprint density at radius 1 is 0.800 bits per heavy atom. The molecule has 1 heterocycles. The molecule has 35 heavy (non-hydrogen) atoms. The van der Waals surface area contributed by atoms with Crippen LogP contribution in [-0.4, -0.2) is 55.5 Å². The largest absolute Gasteiger partial charge is 0.378 e. The molecule has 0 aromatic heterocycles. The number of aryl methyl sites for hydroxylation is 1. The third-order valence-electron chi connectivity index (χ3n) is 5.59. The van der Waals surface area contributed by atoms with E-state index in [9.17, 15) is 14.4 Å². The van der Waals surface area contributed by atoms with Gasteiger partial charge < -0.3 is 25.6 Å². The van der Waals surface area contributed by atoms with Crippen molar-refractivity contribution in [1.29, 1.82) is 0 Å². The van der Waals surface area contributed by atoms with Crippen LogP contribution in [0.5, 0.6) is 0 Å². The zero-order valence-corrected chi connectivity index (χ0v) is 19.5. The van der Waals surface area contributed by atoms with Crippen LogP contribution in [0, 0.1) is 6.92 Å². The molecule has 3 amide bonds. The van der Waals surface area contributed by atoms with E-state index in [1.54, 1.807) is 59.5 Å². The molecule has 1 saturated heterocycles. The average Bonchev–Trinajstić information content (AvgIpc) is 2.89. The first-order valence-electron chi connectivity index (χ1n) is 11.5. The van der Waals surface area contributed by atoms with Gasteiger partial charge in [-0.15, -0.1) is 0 Å². The molecule has 0 saturated carbocycles. The van der Waals surface area contributed by atoms with Crippen LogP contribution in [0.4, 0.5) is 17.1 Å². The van der Waals surface area contributed by atoms with Crippen LogP contribution in [0.3, 0.4) is 0 Å². The molecule has 1 aliphatic rings. The molecule has 0 atom stereocenters. The van der Waals surface area contributed by atoms with Crippen LogP contribution in [0.15, 0.2) is 72.8 Å². The van der Waals surface area contributed by atoms with Gasteiger partial charge in [0.05, 0.1) is 19.8 Å². The summed E-state index contributed by atoms with van der Waals surface area (Å²) in [6.07, 6.45) is 0. The average molecular weight is 473 g/mol. The molecule has 0 spiro atoms. The van der Waals surface area contributed by atoms with Crippen molar-refractivity contribution in [2.45, 2.75) is 6.92 Å². The number of nitrogens with zero attached hydrogens (tertiary/aromatic N) is 1. The molecule has 4 rings (SSSR count). The second-order valence-corrected chi connectivity index (χ2v) is 8.28. The Morgan fingerprint density at radius 3 is 2.09 bits per heavy atom. The van der Waals surface area contributed by atoms with Gasteiger partial charge in [-0.25, -0.2) is 0 Å². The molecule has 1 aliphatic heterocycles. The molecular formula is C27H28N4O4. The number of amides is 3. The molecule has 3 aromatic carbocycles. The van der Waals surface area contributed by atoms with E-state index in [1.807, 2.05) is 25.1 Å². The minimum absolute atomic E-state index is 0.0175. The zero-order chi connectivity index (χ0) is 24.6. The molecule has 8 heteroatoms. The number of anilines is 3. The topological polar surface area (TPSA) is 99.8 Å². The molecule has 1 fully saturated rings. The van der Waals surface area contributed by atoms with Crippen molar-refractivity contribution in [3.05, 3.63) is 89.5 Å². The third-order valence-corrected chi connectivity index (χ3v) is 5.59. The van der Waals surface area contributed by atoms with Gasteiger partial charge in [-0.1, -0.05) is 17.7 Å². The number of carbonyl (C=O) groups is 3. The summed E-state index contributed by atoms with van der Waals surface area (Å²) in [6, 6.07) is 21.4. The lowest BCUT2D eigenvalue weighted by atomic mass is 10.1. The summed E-state index contributed by atoms with van der Waals surface area (Å²) in [5.41, 5.74) is 4.22. The van der Waals surface area contributed by atoms with E-state index in [2.05, 4.69) is 16.0 Å². The number of hydrogen-bond donors (Lipinski definition) is 3. The molecule has 0 radical (unpaired) electrons. The lowest BCUT2D eigenvalue weighted by Crippen LogP contribution is -2.40. The van der Waals surface area contributed by atoms with E-state index in [-0.39, 0.29) is 24.3 Å². The van der Waals surface area contributed by atoms with Crippen molar-refractivity contribution >= 4 is 34.8 Å². The van der Waals surface area contributed by atoms with Gasteiger partial charge in [0.2, 0.25) is 5.91 Å². The normalized spacial score (nSPS) is 13.1. The maximum atomic E-state index is 12.5. The van der Waals surface area contributed by atoms with Gasteiger partial charge in [-0.2, -0.15) is 0 Å². The standard InChI is InChI=1S/C27H28N4O4/c1-19-3-2-4-21(17-19)26(33)30-24-11-9-23(10-12-24)29-25(32)18-28-22-7-5-20(6-8-22)27(34)31-13-15-35-16-14-31/h2-12,17,28H,13-16,18H2,1H3,(H,29,32)(H,30,33).